The fourth-order valence-electron chi connectivity index (χ4n) is 5.54. The van der Waals surface area contributed by atoms with Gasteiger partial charge >= 0.3 is 0 Å². The molecule has 1 atom stereocenters. The second-order valence-electron chi connectivity index (χ2n) is 10.6. The van der Waals surface area contributed by atoms with Crippen molar-refractivity contribution in [2.45, 2.75) is 65.3 Å². The van der Waals surface area contributed by atoms with Crippen LogP contribution in [0.5, 0.6) is 5.75 Å². The van der Waals surface area contributed by atoms with Crippen molar-refractivity contribution in [1.82, 2.24) is 0 Å². The van der Waals surface area contributed by atoms with Gasteiger partial charge < -0.3 is 4.74 Å². The molecule has 0 saturated heterocycles. The first-order valence-corrected chi connectivity index (χ1v) is 13.5. The zero-order chi connectivity index (χ0) is 28.1. The number of methoxy groups -OCH3 is 1. The van der Waals surface area contributed by atoms with Gasteiger partial charge in [-0.25, -0.2) is 0 Å². The normalized spacial score (nSPS) is 14.5. The van der Waals surface area contributed by atoms with Gasteiger partial charge in [0, 0.05) is 29.8 Å². The molecule has 0 bridgehead atoms. The molecule has 0 N–H and O–H groups in total. The number of ether oxygens (including phenoxy) is 1. The highest BCUT2D eigenvalue weighted by Crippen LogP contribution is 2.37. The van der Waals surface area contributed by atoms with Gasteiger partial charge in [-0.2, -0.15) is 0 Å². The molecular weight excluding hydrogens is 492 g/mol. The highest BCUT2D eigenvalue weighted by molar-refractivity contribution is 6.11. The molecule has 0 heterocycles. The molecule has 3 aromatic rings. The second kappa shape index (κ2) is 12.2. The Labute approximate surface area is 229 Å². The van der Waals surface area contributed by atoms with Crippen molar-refractivity contribution < 1.29 is 19.2 Å². The number of benzene rings is 3. The third kappa shape index (κ3) is 6.36. The number of nitro groups is 1. The van der Waals surface area contributed by atoms with Crippen molar-refractivity contribution in [3.05, 3.63) is 98.6 Å². The smallest absolute Gasteiger partial charge is 0.269 e. The number of nitro benzene ring substituents is 1. The standard InChI is InChI=1S/C32H36N2O5/c1-21-10-11-22(2)28(18-21)32(36)33(27-16-17-30(39-4)23(3)19-27)31(25-12-14-26(15-13-25)34(37)38)29(35)20-24-8-6-5-7-9-24/h10-19,24,31H,5-9,20H2,1-4H3. The lowest BCUT2D eigenvalue weighted by Crippen LogP contribution is -2.40. The number of hydrogen-bond acceptors (Lipinski definition) is 5. The van der Waals surface area contributed by atoms with E-state index in [1.165, 1.54) is 18.6 Å². The van der Waals surface area contributed by atoms with E-state index in [9.17, 15) is 19.7 Å². The third-order valence-electron chi connectivity index (χ3n) is 7.70. The number of Topliss-reactive ketones (excluding diaryl/α,β-unsaturated/α-hetero) is 1. The Hall–Kier alpha value is -4.00. The summed E-state index contributed by atoms with van der Waals surface area (Å²) < 4.78 is 5.45. The molecule has 1 aliphatic rings. The van der Waals surface area contributed by atoms with E-state index in [-0.39, 0.29) is 23.3 Å². The van der Waals surface area contributed by atoms with Crippen LogP contribution in [-0.2, 0) is 4.79 Å². The Morgan fingerprint density at radius 2 is 1.64 bits per heavy atom. The van der Waals surface area contributed by atoms with Crippen molar-refractivity contribution in [1.29, 1.82) is 0 Å². The number of rotatable bonds is 9. The first kappa shape index (κ1) is 28.0. The first-order chi connectivity index (χ1) is 18.7. The third-order valence-corrected chi connectivity index (χ3v) is 7.70. The Bertz CT molecular complexity index is 1360. The molecule has 0 aromatic heterocycles. The number of nitrogens with zero attached hydrogens (tertiary/aromatic N) is 2. The first-order valence-electron chi connectivity index (χ1n) is 13.5. The van der Waals surface area contributed by atoms with Crippen molar-refractivity contribution in [3.63, 3.8) is 0 Å². The lowest BCUT2D eigenvalue weighted by molar-refractivity contribution is -0.384. The van der Waals surface area contributed by atoms with Crippen LogP contribution in [0, 0.1) is 36.8 Å². The topological polar surface area (TPSA) is 89.8 Å². The number of aryl methyl sites for hydroxylation is 3. The summed E-state index contributed by atoms with van der Waals surface area (Å²) in [5.74, 6) is 0.587. The van der Waals surface area contributed by atoms with E-state index in [0.717, 1.165) is 42.4 Å². The lowest BCUT2D eigenvalue weighted by atomic mass is 9.83. The minimum absolute atomic E-state index is 0.0649. The van der Waals surface area contributed by atoms with Crippen LogP contribution >= 0.6 is 0 Å². The highest BCUT2D eigenvalue weighted by atomic mass is 16.6. The SMILES string of the molecule is COc1ccc(N(C(=O)c2cc(C)ccc2C)C(C(=O)CC2CCCCC2)c2ccc([N+](=O)[O-])cc2)cc1C. The van der Waals surface area contributed by atoms with Crippen LogP contribution in [0.2, 0.25) is 0 Å². The maximum atomic E-state index is 14.4. The molecule has 0 spiro atoms. The molecule has 4 rings (SSSR count). The van der Waals surface area contributed by atoms with Crippen molar-refractivity contribution in [2.75, 3.05) is 12.0 Å². The molecule has 1 amide bonds. The fraction of sp³-hybridized carbons (Fsp3) is 0.375. The summed E-state index contributed by atoms with van der Waals surface area (Å²) in [5, 5.41) is 11.4. The van der Waals surface area contributed by atoms with E-state index in [1.807, 2.05) is 45.0 Å². The van der Waals surface area contributed by atoms with E-state index in [1.54, 1.807) is 36.3 Å². The number of anilines is 1. The van der Waals surface area contributed by atoms with Gasteiger partial charge in [0.1, 0.15) is 11.8 Å². The van der Waals surface area contributed by atoms with Gasteiger partial charge in [-0.15, -0.1) is 0 Å². The molecule has 7 nitrogen and oxygen atoms in total. The van der Waals surface area contributed by atoms with Crippen molar-refractivity contribution in [2.24, 2.45) is 5.92 Å². The zero-order valence-electron chi connectivity index (χ0n) is 23.1. The Balaban J connectivity index is 1.88. The molecule has 1 saturated carbocycles. The molecule has 0 radical (unpaired) electrons. The number of non-ortho nitro benzene ring substituents is 1. The summed E-state index contributed by atoms with van der Waals surface area (Å²) in [6.07, 6.45) is 5.72. The van der Waals surface area contributed by atoms with Gasteiger partial charge in [0.05, 0.1) is 12.0 Å². The number of ketones is 1. The molecular formula is C32H36N2O5. The van der Waals surface area contributed by atoms with Gasteiger partial charge in [0.2, 0.25) is 0 Å². The van der Waals surface area contributed by atoms with Crippen molar-refractivity contribution in [3.8, 4) is 5.75 Å². The molecule has 204 valence electrons. The summed E-state index contributed by atoms with van der Waals surface area (Å²) in [5.41, 5.74) is 4.15. The predicted molar refractivity (Wildman–Crippen MR) is 152 cm³/mol. The largest absolute Gasteiger partial charge is 0.496 e. The highest BCUT2D eigenvalue weighted by Gasteiger charge is 2.35. The maximum absolute atomic E-state index is 14.4. The molecule has 1 fully saturated rings. The minimum Gasteiger partial charge on any atom is -0.496 e. The van der Waals surface area contributed by atoms with Gasteiger partial charge in [-0.05, 0) is 79.8 Å². The number of carbonyl (C=O) groups is 2. The predicted octanol–water partition coefficient (Wildman–Crippen LogP) is 7.46. The Kier molecular flexibility index (Phi) is 8.79. The summed E-state index contributed by atoms with van der Waals surface area (Å²) in [4.78, 5) is 41.1. The van der Waals surface area contributed by atoms with E-state index >= 15 is 0 Å². The Morgan fingerprint density at radius 1 is 0.949 bits per heavy atom. The lowest BCUT2D eigenvalue weighted by Gasteiger charge is -2.33. The van der Waals surface area contributed by atoms with E-state index < -0.39 is 11.0 Å². The van der Waals surface area contributed by atoms with Crippen molar-refractivity contribution >= 4 is 23.1 Å². The summed E-state index contributed by atoms with van der Waals surface area (Å²) in [6, 6.07) is 16.2. The number of amides is 1. The molecule has 1 unspecified atom stereocenters. The summed E-state index contributed by atoms with van der Waals surface area (Å²) >= 11 is 0. The van der Waals surface area contributed by atoms with Gasteiger partial charge in [-0.1, -0.05) is 49.8 Å². The molecule has 3 aromatic carbocycles. The monoisotopic (exact) mass is 528 g/mol. The zero-order valence-corrected chi connectivity index (χ0v) is 23.1. The van der Waals surface area contributed by atoms with E-state index in [4.69, 9.17) is 4.74 Å². The van der Waals surface area contributed by atoms with Crippen LogP contribution in [-0.4, -0.2) is 23.7 Å². The number of carbonyl (C=O) groups excluding carboxylic acids is 2. The van der Waals surface area contributed by atoms with Crippen LogP contribution < -0.4 is 9.64 Å². The second-order valence-corrected chi connectivity index (χ2v) is 10.6. The van der Waals surface area contributed by atoms with Crippen LogP contribution in [0.4, 0.5) is 11.4 Å². The quantitative estimate of drug-likeness (QED) is 0.212. The van der Waals surface area contributed by atoms with Gasteiger partial charge in [0.15, 0.2) is 5.78 Å². The number of hydrogen-bond donors (Lipinski definition) is 0. The van der Waals surface area contributed by atoms with E-state index in [2.05, 4.69) is 0 Å². The average molecular weight is 529 g/mol. The van der Waals surface area contributed by atoms with Crippen LogP contribution in [0.15, 0.2) is 60.7 Å². The summed E-state index contributed by atoms with van der Waals surface area (Å²) in [6.45, 7) is 5.71. The van der Waals surface area contributed by atoms with Gasteiger partial charge in [-0.3, -0.25) is 24.6 Å². The molecule has 7 heteroatoms. The van der Waals surface area contributed by atoms with Crippen LogP contribution in [0.25, 0.3) is 0 Å². The molecule has 39 heavy (non-hydrogen) atoms. The molecule has 1 aliphatic carbocycles. The molecule has 0 aliphatic heterocycles. The van der Waals surface area contributed by atoms with Crippen LogP contribution in [0.3, 0.4) is 0 Å². The summed E-state index contributed by atoms with van der Waals surface area (Å²) in [7, 11) is 1.59. The maximum Gasteiger partial charge on any atom is 0.269 e. The van der Waals surface area contributed by atoms with Gasteiger partial charge in [0.25, 0.3) is 11.6 Å². The Morgan fingerprint density at radius 3 is 2.26 bits per heavy atom. The van der Waals surface area contributed by atoms with Crippen LogP contribution in [0.1, 0.15) is 77.2 Å². The fourth-order valence-corrected chi connectivity index (χ4v) is 5.54. The van der Waals surface area contributed by atoms with E-state index in [0.29, 0.717) is 29.0 Å². The minimum atomic E-state index is -0.937. The average Bonchev–Trinajstić information content (AvgIpc) is 2.93.